The number of nitrogens with zero attached hydrogens (tertiary/aromatic N) is 5. The second-order valence-electron chi connectivity index (χ2n) is 17.7. The Morgan fingerprint density at radius 3 is 1.11 bits per heavy atom. The summed E-state index contributed by atoms with van der Waals surface area (Å²) in [5.74, 6) is -10.3. The van der Waals surface area contributed by atoms with E-state index in [9.17, 15) is 103 Å². The van der Waals surface area contributed by atoms with Crippen molar-refractivity contribution in [1.29, 1.82) is 0 Å². The predicted molar refractivity (Wildman–Crippen MR) is 297 cm³/mol. The second-order valence-corrected chi connectivity index (χ2v) is 17.7. The molecule has 0 aliphatic rings. The number of hydrogen-bond donors (Lipinski definition) is 9. The summed E-state index contributed by atoms with van der Waals surface area (Å²) in [6.07, 6.45) is 0.831. The van der Waals surface area contributed by atoms with Crippen molar-refractivity contribution in [1.82, 2.24) is 0 Å². The predicted octanol–water partition coefficient (Wildman–Crippen LogP) is -3.26. The molecule has 544 valence electrons. The molecule has 0 aliphatic heterocycles. The van der Waals surface area contributed by atoms with Gasteiger partial charge in [0, 0.05) is 12.8 Å². The van der Waals surface area contributed by atoms with Gasteiger partial charge in [-0.25, -0.2) is 4.79 Å². The maximum Gasteiger partial charge on any atom is 0.519 e. The Hall–Kier alpha value is -10.5. The number of nitrogens with two attached hydrogens (primary N) is 5. The number of rotatable bonds is 48. The monoisotopic (exact) mass is 1390 g/mol. The van der Waals surface area contributed by atoms with Crippen LogP contribution in [0.2, 0.25) is 0 Å². The van der Waals surface area contributed by atoms with Crippen LogP contribution in [0.4, 0.5) is 0 Å². The highest BCUT2D eigenvalue weighted by molar-refractivity contribution is 5.83. The fourth-order valence-electron chi connectivity index (χ4n) is 5.21. The minimum absolute atomic E-state index is 0.0207. The first-order valence-electron chi connectivity index (χ1n) is 27.1. The fraction of sp³-hybridized carbons (Fsp3) is 0.717. The molecule has 0 radical (unpaired) electrons. The third kappa shape index (κ3) is 60.8. The average Bonchev–Trinajstić information content (AvgIpc) is 1.87. The molecule has 95 heavy (non-hydrogen) atoms. The van der Waals surface area contributed by atoms with Crippen molar-refractivity contribution >= 4 is 59.7 Å². The minimum atomic E-state index is -1.30. The van der Waals surface area contributed by atoms with E-state index in [1.165, 1.54) is 13.8 Å². The van der Waals surface area contributed by atoms with E-state index in [4.69, 9.17) is 68.0 Å². The largest absolute Gasteiger partial charge is 0.519 e. The third-order valence-corrected chi connectivity index (χ3v) is 9.97. The number of carbonyl (C=O) groups is 10. The molecule has 1 rings (SSSR count). The molecule has 6 unspecified atom stereocenters. The van der Waals surface area contributed by atoms with Crippen molar-refractivity contribution in [2.24, 2.45) is 28.7 Å². The van der Waals surface area contributed by atoms with E-state index in [0.717, 1.165) is 12.8 Å². The lowest BCUT2D eigenvalue weighted by Gasteiger charge is -2.18. The van der Waals surface area contributed by atoms with Gasteiger partial charge in [0.05, 0.1) is 85.1 Å². The van der Waals surface area contributed by atoms with Crippen LogP contribution in [0.15, 0.2) is 13.6 Å². The Balaban J connectivity index is -0.000000550. The van der Waals surface area contributed by atoms with Gasteiger partial charge >= 0.3 is 65.5 Å². The van der Waals surface area contributed by atoms with Gasteiger partial charge in [-0.2, -0.15) is 0 Å². The first-order chi connectivity index (χ1) is 44.4. The van der Waals surface area contributed by atoms with Gasteiger partial charge in [-0.05, 0) is 52.4 Å². The van der Waals surface area contributed by atoms with Crippen LogP contribution in [0, 0.1) is 57.5 Å². The van der Waals surface area contributed by atoms with Crippen LogP contribution in [0.3, 0.4) is 0 Å². The highest BCUT2D eigenvalue weighted by Gasteiger charge is 2.27. The Morgan fingerprint density at radius 2 is 0.737 bits per heavy atom. The Bertz CT molecular complexity index is 2590. The van der Waals surface area contributed by atoms with Crippen LogP contribution in [0.25, 0.3) is 0 Å². The summed E-state index contributed by atoms with van der Waals surface area (Å²) in [6, 6.07) is -6.39. The van der Waals surface area contributed by atoms with Gasteiger partial charge in [0.2, 0.25) is 0 Å². The minimum Gasteiger partial charge on any atom is -0.480 e. The molecule has 0 saturated heterocycles. The average molecular weight is 1390 g/mol. The van der Waals surface area contributed by atoms with Crippen molar-refractivity contribution in [2.75, 3.05) is 72.7 Å². The number of carboxylic acids is 4. The third-order valence-electron chi connectivity index (χ3n) is 9.97. The molecular formula is C46H76N10O39. The van der Waals surface area contributed by atoms with E-state index in [1.807, 2.05) is 0 Å². The summed E-state index contributed by atoms with van der Waals surface area (Å²) >= 11 is 0. The molecule has 0 bridgehead atoms. The van der Waals surface area contributed by atoms with Gasteiger partial charge < -0.3 is 115 Å². The van der Waals surface area contributed by atoms with E-state index >= 15 is 0 Å². The first kappa shape index (κ1) is 90.9. The van der Waals surface area contributed by atoms with Gasteiger partial charge in [-0.3, -0.25) is 47.9 Å². The quantitative estimate of drug-likeness (QED) is 0.0102. The smallest absolute Gasteiger partial charge is 0.480 e. The van der Waals surface area contributed by atoms with Crippen LogP contribution in [-0.4, -0.2) is 215 Å². The van der Waals surface area contributed by atoms with Gasteiger partial charge in [-0.1, -0.05) is 6.42 Å². The van der Waals surface area contributed by atoms with Crippen molar-refractivity contribution in [2.45, 2.75) is 140 Å². The van der Waals surface area contributed by atoms with E-state index in [-0.39, 0.29) is 116 Å². The molecule has 0 fully saturated rings. The number of esters is 6. The Morgan fingerprint density at radius 1 is 0.421 bits per heavy atom. The number of aliphatic carboxylic acids is 4. The standard InChI is InChI=1S/C13H18N2O10.C10H18N2O7.C8H14N2O8.C8H14N2O7.C7H12N2O7/c1-7-9(25-13(18)24-7)6-21-12(17)11(14)8(2)23-10(16)4-3-5-22-15(19)20;11-8(10(14)15)7-9(13)18-5-3-1-2-4-6-19-12(16)17;9-6(8(12)13)5-7(11)17-3-1-16-2-4-18-10(14)15;9-6(8(12)13)5-7(11)16-3-1-2-4-17-10(14)15;8-5(7(11)12)4-6(10)15-2-1-3-16-9(13)14/h8,11H,3-6,14H2,1-2H3;8H,1-7,11H2,(H,14,15);6H,1-5,9H2,(H,12,13);6H,1-5,9H2,(H,12,13);5H,1-4,8H2,(H,11,12). The number of unbranched alkanes of at least 4 members (excludes halogenated alkanes) is 4. The van der Waals surface area contributed by atoms with E-state index in [2.05, 4.69) is 47.2 Å². The number of hydrogen-bond acceptors (Lipinski definition) is 40. The SMILES string of the molecule is Cc1oc(=O)oc1COC(=O)C(N)C(C)OC(=O)CCCO[N+](=O)[O-].NC(CC(=O)OCCCCCCO[N+](=O)[O-])C(=O)O.NC(CC(=O)OCCCCO[N+](=O)[O-])C(=O)O.NC(CC(=O)OCCCO[N+](=O)[O-])C(=O)O.NC(CC(=O)OCCOCCO[N+](=O)[O-])C(=O)O. The highest BCUT2D eigenvalue weighted by Crippen LogP contribution is 2.10. The fourth-order valence-corrected chi connectivity index (χ4v) is 5.21. The summed E-state index contributed by atoms with van der Waals surface area (Å²) in [7, 11) is 0. The maximum absolute atomic E-state index is 11.8. The van der Waals surface area contributed by atoms with Gasteiger partial charge in [0.15, 0.2) is 18.1 Å². The van der Waals surface area contributed by atoms with Crippen LogP contribution >= 0.6 is 0 Å². The van der Waals surface area contributed by atoms with Crippen LogP contribution in [0.5, 0.6) is 0 Å². The Labute approximate surface area is 533 Å². The second kappa shape index (κ2) is 56.2. The van der Waals surface area contributed by atoms with Crippen molar-refractivity contribution in [3.63, 3.8) is 0 Å². The summed E-state index contributed by atoms with van der Waals surface area (Å²) in [5.41, 5.74) is 26.1. The van der Waals surface area contributed by atoms with Crippen LogP contribution in [0.1, 0.15) is 102 Å². The molecular weight excluding hydrogens is 1320 g/mol. The molecule has 14 N–H and O–H groups in total. The first-order valence-corrected chi connectivity index (χ1v) is 27.1. The molecule has 49 heteroatoms. The molecule has 0 aliphatic carbocycles. The molecule has 49 nitrogen and oxygen atoms in total. The van der Waals surface area contributed by atoms with Crippen molar-refractivity contribution < 1.29 is 160 Å². The number of carbonyl (C=O) groups excluding carboxylic acids is 6. The van der Waals surface area contributed by atoms with Crippen LogP contribution < -0.4 is 34.5 Å². The maximum atomic E-state index is 11.8. The molecule has 0 amide bonds. The molecule has 1 aromatic heterocycles. The summed E-state index contributed by atoms with van der Waals surface area (Å²) in [4.78, 5) is 189. The zero-order valence-electron chi connectivity index (χ0n) is 50.8. The number of aryl methyl sites for hydroxylation is 1. The Kier molecular flexibility index (Phi) is 53.8. The normalized spacial score (nSPS) is 11.9. The highest BCUT2D eigenvalue weighted by atomic mass is 17.0. The van der Waals surface area contributed by atoms with Gasteiger partial charge in [0.25, 0.3) is 25.4 Å². The number of ether oxygens (including phenoxy) is 7. The zero-order chi connectivity index (χ0) is 73.4. The number of carboxylic acid groups (broad SMARTS) is 4. The molecule has 1 heterocycles. The molecule has 6 atom stereocenters. The summed E-state index contributed by atoms with van der Waals surface area (Å²) in [6.45, 7) is 1.87. The topological polar surface area (TPSA) is 752 Å². The van der Waals surface area contributed by atoms with Crippen LogP contribution in [-0.2, 0) is 112 Å². The molecule has 0 aromatic carbocycles. The molecule has 0 spiro atoms. The molecule has 0 saturated carbocycles. The summed E-state index contributed by atoms with van der Waals surface area (Å²) in [5, 5.41) is 78.0. The van der Waals surface area contributed by atoms with Crippen molar-refractivity contribution in [3.05, 3.63) is 72.7 Å². The lowest BCUT2D eigenvalue weighted by atomic mass is 10.2. The molecule has 1 aromatic rings. The van der Waals surface area contributed by atoms with E-state index in [0.29, 0.717) is 25.7 Å². The van der Waals surface area contributed by atoms with Crippen molar-refractivity contribution in [3.8, 4) is 0 Å². The van der Waals surface area contributed by atoms with Gasteiger partial charge in [-0.15, -0.1) is 50.6 Å². The lowest BCUT2D eigenvalue weighted by molar-refractivity contribution is -0.758. The zero-order valence-corrected chi connectivity index (χ0v) is 50.8. The van der Waals surface area contributed by atoms with E-state index in [1.54, 1.807) is 0 Å². The lowest BCUT2D eigenvalue weighted by Crippen LogP contribution is -2.43. The summed E-state index contributed by atoms with van der Waals surface area (Å²) < 4.78 is 42.5. The van der Waals surface area contributed by atoms with E-state index < -0.39 is 147 Å². The van der Waals surface area contributed by atoms with Gasteiger partial charge in [0.1, 0.15) is 49.5 Å².